The Morgan fingerprint density at radius 2 is 1.86 bits per heavy atom. The van der Waals surface area contributed by atoms with Gasteiger partial charge in [0.1, 0.15) is 5.69 Å². The molecule has 1 aliphatic carbocycles. The minimum absolute atomic E-state index is 0.108. The van der Waals surface area contributed by atoms with E-state index in [1.165, 1.54) is 10.6 Å². The lowest BCUT2D eigenvalue weighted by Crippen LogP contribution is -2.39. The molecule has 2 aromatic heterocycles. The van der Waals surface area contributed by atoms with Gasteiger partial charge in [-0.2, -0.15) is 0 Å². The van der Waals surface area contributed by atoms with E-state index in [1.54, 1.807) is 23.0 Å². The van der Waals surface area contributed by atoms with Crippen molar-refractivity contribution in [2.24, 2.45) is 0 Å². The van der Waals surface area contributed by atoms with E-state index in [9.17, 15) is 19.7 Å². The van der Waals surface area contributed by atoms with E-state index in [0.717, 1.165) is 43.4 Å². The highest BCUT2D eigenvalue weighted by Crippen LogP contribution is 2.32. The molecule has 0 radical (unpaired) electrons. The number of hydrogen-bond acceptors (Lipinski definition) is 5. The van der Waals surface area contributed by atoms with Gasteiger partial charge in [0.15, 0.2) is 5.11 Å². The number of anilines is 1. The molecule has 0 unspecified atom stereocenters. The summed E-state index contributed by atoms with van der Waals surface area (Å²) in [6.07, 6.45) is 8.13. The second kappa shape index (κ2) is 10.4. The molecule has 0 saturated heterocycles. The Bertz CT molecular complexity index is 1580. The Morgan fingerprint density at radius 3 is 2.59 bits per heavy atom. The van der Waals surface area contributed by atoms with Crippen LogP contribution in [0.4, 0.5) is 11.4 Å². The molecule has 1 fully saturated rings. The van der Waals surface area contributed by atoms with E-state index < -0.39 is 16.0 Å². The van der Waals surface area contributed by atoms with Crippen LogP contribution in [-0.4, -0.2) is 24.2 Å². The summed E-state index contributed by atoms with van der Waals surface area (Å²) in [7, 11) is 0. The van der Waals surface area contributed by atoms with Crippen LogP contribution in [-0.2, 0) is 6.54 Å². The molecule has 0 aliphatic heterocycles. The van der Waals surface area contributed by atoms with Crippen molar-refractivity contribution < 1.29 is 4.92 Å². The Balaban J connectivity index is 1.48. The third kappa shape index (κ3) is 5.17. The van der Waals surface area contributed by atoms with Crippen LogP contribution in [0.1, 0.15) is 43.7 Å². The first-order valence-electron chi connectivity index (χ1n) is 12.1. The predicted molar refractivity (Wildman–Crippen MR) is 146 cm³/mol. The third-order valence-corrected chi connectivity index (χ3v) is 6.91. The molecule has 1 saturated carbocycles. The van der Waals surface area contributed by atoms with Gasteiger partial charge in [-0.1, -0.05) is 37.5 Å². The second-order valence-corrected chi connectivity index (χ2v) is 9.55. The molecule has 3 N–H and O–H groups in total. The van der Waals surface area contributed by atoms with Crippen molar-refractivity contribution in [3.8, 4) is 5.69 Å². The van der Waals surface area contributed by atoms with Gasteiger partial charge in [0.2, 0.25) is 0 Å². The molecular formula is C26H26N6O4S. The van der Waals surface area contributed by atoms with Gasteiger partial charge in [-0.25, -0.2) is 0 Å². The highest BCUT2D eigenvalue weighted by Gasteiger charge is 2.24. The molecule has 1 aliphatic rings. The van der Waals surface area contributed by atoms with Crippen LogP contribution in [0, 0.1) is 10.1 Å². The van der Waals surface area contributed by atoms with Gasteiger partial charge in [0.05, 0.1) is 16.0 Å². The number of nitrogens with one attached hydrogen (secondary N) is 3. The topological polar surface area (TPSA) is 127 Å². The van der Waals surface area contributed by atoms with E-state index in [1.807, 2.05) is 36.4 Å². The lowest BCUT2D eigenvalue weighted by molar-refractivity contribution is -0.384. The number of thiocarbonyl (C=S) groups is 1. The number of aromatic nitrogens is 3. The molecule has 2 aromatic carbocycles. The quantitative estimate of drug-likeness (QED) is 0.150. The molecule has 2 heterocycles. The van der Waals surface area contributed by atoms with Crippen molar-refractivity contribution >= 4 is 39.7 Å². The lowest BCUT2D eigenvalue weighted by atomic mass is 9.95. The second-order valence-electron chi connectivity index (χ2n) is 9.14. The SMILES string of the molecule is O=c1[nH]c2cc([N+](=O)[O-])c(-n3ccc(CNC(=S)Nc4ccccc4)c3)cc2n(C2CCCCC2)c1=O. The molecule has 10 nitrogen and oxygen atoms in total. The first-order valence-corrected chi connectivity index (χ1v) is 12.6. The van der Waals surface area contributed by atoms with Gasteiger partial charge in [0.25, 0.3) is 5.69 Å². The van der Waals surface area contributed by atoms with Gasteiger partial charge in [-0.3, -0.25) is 24.3 Å². The maximum Gasteiger partial charge on any atom is 0.316 e. The molecule has 11 heteroatoms. The van der Waals surface area contributed by atoms with E-state index in [4.69, 9.17) is 12.2 Å². The minimum Gasteiger partial charge on any atom is -0.358 e. The third-order valence-electron chi connectivity index (χ3n) is 6.67. The Hall–Kier alpha value is -4.25. The fourth-order valence-electron chi connectivity index (χ4n) is 4.89. The normalized spacial score (nSPS) is 13.9. The molecule has 4 aromatic rings. The van der Waals surface area contributed by atoms with E-state index in [2.05, 4.69) is 15.6 Å². The van der Waals surface area contributed by atoms with Crippen LogP contribution in [0.25, 0.3) is 16.7 Å². The summed E-state index contributed by atoms with van der Waals surface area (Å²) in [5.41, 5.74) is 1.23. The lowest BCUT2D eigenvalue weighted by Gasteiger charge is -2.25. The summed E-state index contributed by atoms with van der Waals surface area (Å²) >= 11 is 5.36. The summed E-state index contributed by atoms with van der Waals surface area (Å²) in [4.78, 5) is 39.3. The molecule has 190 valence electrons. The van der Waals surface area contributed by atoms with Gasteiger partial charge in [-0.05, 0) is 54.9 Å². The largest absolute Gasteiger partial charge is 0.358 e. The van der Waals surface area contributed by atoms with Crippen molar-refractivity contribution in [1.29, 1.82) is 0 Å². The van der Waals surface area contributed by atoms with Crippen molar-refractivity contribution in [1.82, 2.24) is 19.4 Å². The number of hydrogen-bond donors (Lipinski definition) is 3. The average molecular weight is 519 g/mol. The molecular weight excluding hydrogens is 492 g/mol. The van der Waals surface area contributed by atoms with Crippen molar-refractivity contribution in [2.75, 3.05) is 5.32 Å². The summed E-state index contributed by atoms with van der Waals surface area (Å²) in [6.45, 7) is 0.410. The van der Waals surface area contributed by atoms with Crippen LogP contribution in [0.15, 0.2) is 70.5 Å². The minimum atomic E-state index is -0.769. The number of para-hydroxylation sites is 1. The molecule has 0 atom stereocenters. The zero-order valence-electron chi connectivity index (χ0n) is 20.0. The molecule has 0 spiro atoms. The van der Waals surface area contributed by atoms with E-state index in [-0.39, 0.29) is 17.2 Å². The zero-order valence-corrected chi connectivity index (χ0v) is 20.8. The van der Waals surface area contributed by atoms with Gasteiger partial charge >= 0.3 is 11.1 Å². The smallest absolute Gasteiger partial charge is 0.316 e. The molecule has 37 heavy (non-hydrogen) atoms. The number of rotatable bonds is 6. The summed E-state index contributed by atoms with van der Waals surface area (Å²) in [5.74, 6) is 0. The number of fused-ring (bicyclic) bond motifs is 1. The first kappa shape index (κ1) is 24.4. The number of H-pyrrole nitrogens is 1. The van der Waals surface area contributed by atoms with Crippen LogP contribution in [0.2, 0.25) is 0 Å². The van der Waals surface area contributed by atoms with Crippen molar-refractivity contribution in [3.63, 3.8) is 0 Å². The summed E-state index contributed by atoms with van der Waals surface area (Å²) in [5, 5.41) is 18.7. The molecule has 5 rings (SSSR count). The highest BCUT2D eigenvalue weighted by molar-refractivity contribution is 7.80. The maximum atomic E-state index is 12.9. The highest BCUT2D eigenvalue weighted by atomic mass is 32.1. The Morgan fingerprint density at radius 1 is 1.11 bits per heavy atom. The van der Waals surface area contributed by atoms with E-state index in [0.29, 0.717) is 22.9 Å². The molecule has 0 amide bonds. The zero-order chi connectivity index (χ0) is 25.9. The average Bonchev–Trinajstić information content (AvgIpc) is 3.38. The fraction of sp³-hybridized carbons (Fsp3) is 0.269. The molecule has 0 bridgehead atoms. The number of nitro groups is 1. The Kier molecular flexibility index (Phi) is 6.87. The summed E-state index contributed by atoms with van der Waals surface area (Å²) in [6, 6.07) is 14.2. The van der Waals surface area contributed by atoms with Gasteiger partial charge in [0, 0.05) is 36.7 Å². The van der Waals surface area contributed by atoms with Crippen molar-refractivity contribution in [3.05, 3.63) is 97.3 Å². The van der Waals surface area contributed by atoms with E-state index >= 15 is 0 Å². The fourth-order valence-corrected chi connectivity index (χ4v) is 5.08. The monoisotopic (exact) mass is 518 g/mol. The first-order chi connectivity index (χ1) is 17.9. The van der Waals surface area contributed by atoms with Crippen LogP contribution in [0.5, 0.6) is 0 Å². The predicted octanol–water partition coefficient (Wildman–Crippen LogP) is 4.38. The standard InChI is InChI=1S/C26H26N6O4S/c33-24-25(34)31(19-9-5-2-6-10-19)21-14-22(23(32(35)36)13-20(21)29-24)30-12-11-17(16-30)15-27-26(37)28-18-7-3-1-4-8-18/h1,3-4,7-8,11-14,16,19H,2,5-6,9-10,15H2,(H,29,33)(H2,27,28,37). The van der Waals surface area contributed by atoms with Gasteiger partial charge < -0.3 is 20.2 Å². The number of nitro benzene ring substituents is 1. The number of benzene rings is 2. The van der Waals surface area contributed by atoms with Gasteiger partial charge in [-0.15, -0.1) is 0 Å². The van der Waals surface area contributed by atoms with Crippen LogP contribution in [0.3, 0.4) is 0 Å². The van der Waals surface area contributed by atoms with Crippen molar-refractivity contribution in [2.45, 2.75) is 44.7 Å². The van der Waals surface area contributed by atoms with Crippen LogP contribution < -0.4 is 21.8 Å². The Labute approximate surface area is 217 Å². The summed E-state index contributed by atoms with van der Waals surface area (Å²) < 4.78 is 3.18. The maximum absolute atomic E-state index is 12.9. The number of nitrogens with zero attached hydrogens (tertiary/aromatic N) is 3. The number of aromatic amines is 1. The van der Waals surface area contributed by atoms with Crippen LogP contribution >= 0.6 is 12.2 Å².